The SMILES string of the molecule is Fc1ccc(-c2ccc(C[NH2+]CCc3ccccc3F)o2)cc1Cl. The minimum Gasteiger partial charge on any atom is -0.455 e. The highest BCUT2D eigenvalue weighted by atomic mass is 35.5. The molecule has 0 unspecified atom stereocenters. The van der Waals surface area contributed by atoms with E-state index in [1.807, 2.05) is 18.2 Å². The van der Waals surface area contributed by atoms with Gasteiger partial charge in [0.15, 0.2) is 5.76 Å². The summed E-state index contributed by atoms with van der Waals surface area (Å²) in [5.74, 6) is 0.835. The number of halogens is 3. The van der Waals surface area contributed by atoms with Crippen LogP contribution >= 0.6 is 11.6 Å². The van der Waals surface area contributed by atoms with Gasteiger partial charge in [0.2, 0.25) is 0 Å². The molecule has 0 radical (unpaired) electrons. The molecule has 0 amide bonds. The minimum atomic E-state index is -0.450. The maximum atomic E-state index is 13.5. The summed E-state index contributed by atoms with van der Waals surface area (Å²) >= 11 is 5.79. The van der Waals surface area contributed by atoms with Gasteiger partial charge in [0.1, 0.15) is 23.9 Å². The fraction of sp³-hybridized carbons (Fsp3) is 0.158. The first-order chi connectivity index (χ1) is 11.6. The third kappa shape index (κ3) is 4.02. The van der Waals surface area contributed by atoms with E-state index in [0.29, 0.717) is 18.7 Å². The van der Waals surface area contributed by atoms with Crippen LogP contribution in [0.25, 0.3) is 11.3 Å². The fourth-order valence-corrected chi connectivity index (χ4v) is 2.68. The number of nitrogens with two attached hydrogens (primary N) is 1. The Labute approximate surface area is 144 Å². The van der Waals surface area contributed by atoms with Gasteiger partial charge in [0.05, 0.1) is 11.6 Å². The molecule has 0 saturated heterocycles. The minimum absolute atomic E-state index is 0.0712. The highest BCUT2D eigenvalue weighted by Crippen LogP contribution is 2.26. The van der Waals surface area contributed by atoms with Crippen LogP contribution in [0.2, 0.25) is 5.02 Å². The van der Waals surface area contributed by atoms with Gasteiger partial charge in [-0.15, -0.1) is 0 Å². The molecule has 0 aliphatic heterocycles. The molecule has 24 heavy (non-hydrogen) atoms. The maximum absolute atomic E-state index is 13.5. The van der Waals surface area contributed by atoms with Crippen LogP contribution in [-0.2, 0) is 13.0 Å². The monoisotopic (exact) mass is 348 g/mol. The third-order valence-corrected chi connectivity index (χ3v) is 4.08. The number of quaternary nitrogens is 1. The highest BCUT2D eigenvalue weighted by Gasteiger charge is 2.09. The lowest BCUT2D eigenvalue weighted by atomic mass is 10.1. The second-order valence-corrected chi connectivity index (χ2v) is 5.92. The average Bonchev–Trinajstić information content (AvgIpc) is 3.04. The van der Waals surface area contributed by atoms with Crippen molar-refractivity contribution in [2.24, 2.45) is 0 Å². The number of furan rings is 1. The highest BCUT2D eigenvalue weighted by molar-refractivity contribution is 6.31. The quantitative estimate of drug-likeness (QED) is 0.665. The van der Waals surface area contributed by atoms with E-state index in [9.17, 15) is 8.78 Å². The molecule has 0 aliphatic rings. The lowest BCUT2D eigenvalue weighted by molar-refractivity contribution is -0.671. The summed E-state index contributed by atoms with van der Waals surface area (Å²) in [7, 11) is 0. The first kappa shape index (κ1) is 16.7. The number of hydrogen-bond donors (Lipinski definition) is 1. The predicted molar refractivity (Wildman–Crippen MR) is 89.7 cm³/mol. The van der Waals surface area contributed by atoms with E-state index >= 15 is 0 Å². The molecule has 1 heterocycles. The molecule has 5 heteroatoms. The summed E-state index contributed by atoms with van der Waals surface area (Å²) in [4.78, 5) is 0. The summed E-state index contributed by atoms with van der Waals surface area (Å²) in [5, 5.41) is 2.13. The molecular formula is C19H17ClF2NO+. The molecule has 0 bridgehead atoms. The van der Waals surface area contributed by atoms with Gasteiger partial charge < -0.3 is 9.73 Å². The van der Waals surface area contributed by atoms with Crippen LogP contribution in [0.5, 0.6) is 0 Å². The Morgan fingerprint density at radius 2 is 1.79 bits per heavy atom. The van der Waals surface area contributed by atoms with Crippen LogP contribution in [0.3, 0.4) is 0 Å². The van der Waals surface area contributed by atoms with Crippen molar-refractivity contribution < 1.29 is 18.5 Å². The van der Waals surface area contributed by atoms with Crippen molar-refractivity contribution in [3.05, 3.63) is 82.6 Å². The van der Waals surface area contributed by atoms with Crippen molar-refractivity contribution >= 4 is 11.6 Å². The first-order valence-corrected chi connectivity index (χ1v) is 8.10. The zero-order valence-electron chi connectivity index (χ0n) is 12.9. The number of hydrogen-bond acceptors (Lipinski definition) is 1. The second-order valence-electron chi connectivity index (χ2n) is 5.52. The summed E-state index contributed by atoms with van der Waals surface area (Å²) in [5.41, 5.74) is 1.45. The molecule has 2 aromatic carbocycles. The van der Waals surface area contributed by atoms with Gasteiger partial charge in [-0.2, -0.15) is 0 Å². The Hall–Kier alpha value is -2.17. The van der Waals surface area contributed by atoms with Gasteiger partial charge in [-0.3, -0.25) is 0 Å². The standard InChI is InChI=1S/C19H16ClF2NO/c20-16-11-14(5-7-18(16)22)19-8-6-15(24-19)12-23-10-9-13-3-1-2-4-17(13)21/h1-8,11,23H,9-10,12H2/p+1. The molecule has 0 saturated carbocycles. The van der Waals surface area contributed by atoms with Crippen LogP contribution in [0.4, 0.5) is 8.78 Å². The van der Waals surface area contributed by atoms with Crippen molar-refractivity contribution in [3.63, 3.8) is 0 Å². The molecule has 1 aromatic heterocycles. The van der Waals surface area contributed by atoms with Crippen molar-refractivity contribution in [2.75, 3.05) is 6.54 Å². The normalized spacial score (nSPS) is 11.0. The van der Waals surface area contributed by atoms with Gasteiger partial charge >= 0.3 is 0 Å². The predicted octanol–water partition coefficient (Wildman–Crippen LogP) is 4.18. The Balaban J connectivity index is 1.54. The van der Waals surface area contributed by atoms with Gasteiger partial charge in [-0.05, 0) is 42.0 Å². The lowest BCUT2D eigenvalue weighted by Gasteiger charge is -2.02. The van der Waals surface area contributed by atoms with E-state index in [1.165, 1.54) is 12.1 Å². The Kier molecular flexibility index (Phi) is 5.28. The molecule has 3 aromatic rings. The molecule has 0 spiro atoms. The van der Waals surface area contributed by atoms with E-state index in [2.05, 4.69) is 5.32 Å². The largest absolute Gasteiger partial charge is 0.455 e. The van der Waals surface area contributed by atoms with Crippen LogP contribution < -0.4 is 5.32 Å². The van der Waals surface area contributed by atoms with Crippen molar-refractivity contribution in [1.82, 2.24) is 0 Å². The molecule has 2 nitrogen and oxygen atoms in total. The summed E-state index contributed by atoms with van der Waals surface area (Å²) in [6.07, 6.45) is 0.661. The van der Waals surface area contributed by atoms with E-state index in [0.717, 1.165) is 23.4 Å². The van der Waals surface area contributed by atoms with Crippen molar-refractivity contribution in [1.29, 1.82) is 0 Å². The van der Waals surface area contributed by atoms with Crippen LogP contribution in [0, 0.1) is 11.6 Å². The maximum Gasteiger partial charge on any atom is 0.158 e. The van der Waals surface area contributed by atoms with Crippen LogP contribution in [0.15, 0.2) is 59.0 Å². The van der Waals surface area contributed by atoms with Gasteiger partial charge in [-0.25, -0.2) is 8.78 Å². The fourth-order valence-electron chi connectivity index (χ4n) is 2.50. The Morgan fingerprint density at radius 1 is 0.958 bits per heavy atom. The lowest BCUT2D eigenvalue weighted by Crippen LogP contribution is -2.83. The number of rotatable bonds is 6. The van der Waals surface area contributed by atoms with Crippen molar-refractivity contribution in [2.45, 2.75) is 13.0 Å². The van der Waals surface area contributed by atoms with Crippen molar-refractivity contribution in [3.8, 4) is 11.3 Å². The molecular weight excluding hydrogens is 332 g/mol. The number of benzene rings is 2. The third-order valence-electron chi connectivity index (χ3n) is 3.79. The smallest absolute Gasteiger partial charge is 0.158 e. The van der Waals surface area contributed by atoms with Crippen LogP contribution in [-0.4, -0.2) is 6.54 Å². The van der Waals surface area contributed by atoms with Gasteiger partial charge in [-0.1, -0.05) is 29.8 Å². The van der Waals surface area contributed by atoms with E-state index in [1.54, 1.807) is 24.3 Å². The average molecular weight is 349 g/mol. The van der Waals surface area contributed by atoms with Crippen LogP contribution in [0.1, 0.15) is 11.3 Å². The molecule has 2 N–H and O–H groups in total. The van der Waals surface area contributed by atoms with Gasteiger partial charge in [0.25, 0.3) is 0 Å². The summed E-state index contributed by atoms with van der Waals surface area (Å²) < 4.78 is 32.5. The molecule has 124 valence electrons. The molecule has 0 aliphatic carbocycles. The summed E-state index contributed by atoms with van der Waals surface area (Å²) in [6, 6.07) is 15.0. The molecule has 0 atom stereocenters. The first-order valence-electron chi connectivity index (χ1n) is 7.72. The molecule has 0 fully saturated rings. The Morgan fingerprint density at radius 3 is 2.58 bits per heavy atom. The topological polar surface area (TPSA) is 29.8 Å². The zero-order chi connectivity index (χ0) is 16.9. The van der Waals surface area contributed by atoms with E-state index in [-0.39, 0.29) is 10.8 Å². The Bertz CT molecular complexity index is 832. The molecule has 3 rings (SSSR count). The van der Waals surface area contributed by atoms with E-state index < -0.39 is 5.82 Å². The second kappa shape index (κ2) is 7.60. The van der Waals surface area contributed by atoms with Gasteiger partial charge in [0, 0.05) is 12.0 Å². The zero-order valence-corrected chi connectivity index (χ0v) is 13.7. The van der Waals surface area contributed by atoms with E-state index in [4.69, 9.17) is 16.0 Å². The summed E-state index contributed by atoms with van der Waals surface area (Å²) in [6.45, 7) is 1.42.